The van der Waals surface area contributed by atoms with Crippen LogP contribution in [0.15, 0.2) is 174 Å². The van der Waals surface area contributed by atoms with Crippen LogP contribution in [-0.4, -0.2) is 6.35 Å². The predicted molar refractivity (Wildman–Crippen MR) is 193 cm³/mol. The van der Waals surface area contributed by atoms with Gasteiger partial charge in [0.1, 0.15) is 0 Å². The second-order valence-corrected chi connectivity index (χ2v) is 12.4. The Hall–Kier alpha value is -5.60. The number of fused-ring (bicyclic) bond motifs is 4. The maximum Gasteiger partial charge on any atom is 0.421 e. The summed E-state index contributed by atoms with van der Waals surface area (Å²) in [7, 11) is 0. The molecule has 0 N–H and O–H groups in total. The van der Waals surface area contributed by atoms with Crippen LogP contribution in [0.25, 0.3) is 43.4 Å². The molecule has 212 valence electrons. The molecule has 0 radical (unpaired) electrons. The summed E-state index contributed by atoms with van der Waals surface area (Å²) in [6, 6.07) is 60.7. The minimum absolute atomic E-state index is 1.17. The summed E-state index contributed by atoms with van der Waals surface area (Å²) in [5.41, 5.74) is 8.86. The van der Waals surface area contributed by atoms with Gasteiger partial charge in [0.05, 0.1) is 0 Å². The van der Waals surface area contributed by atoms with E-state index in [0.717, 1.165) is 0 Å². The van der Waals surface area contributed by atoms with Crippen molar-refractivity contribution >= 4 is 60.6 Å². The Morgan fingerprint density at radius 2 is 0.911 bits per heavy atom. The first-order valence-electron chi connectivity index (χ1n) is 15.8. The van der Waals surface area contributed by atoms with Gasteiger partial charge in [-0.15, -0.1) is 0 Å². The molecule has 0 fully saturated rings. The zero-order valence-electron chi connectivity index (χ0n) is 25.2. The van der Waals surface area contributed by atoms with Crippen LogP contribution in [-0.2, 0) is 0 Å². The lowest BCUT2D eigenvalue weighted by atomic mass is 9.27. The monoisotopic (exact) mass is 574 g/mol. The summed E-state index contributed by atoms with van der Waals surface area (Å²) < 4.78 is 3.78. The maximum atomic E-state index is 3.78. The zero-order chi connectivity index (χ0) is 30.0. The molecule has 1 aromatic heterocycles. The minimum atomic E-state index is -1.73. The van der Waals surface area contributed by atoms with Crippen molar-refractivity contribution in [1.29, 1.82) is 0 Å². The molecule has 1 nitrogen and oxygen atoms in total. The van der Waals surface area contributed by atoms with Gasteiger partial charge in [-0.1, -0.05) is 168 Å². The number of aryl methyl sites for hydroxylation is 1. The Balaban J connectivity index is 1.47. The van der Waals surface area contributed by atoms with Crippen LogP contribution in [0, 0.1) is 6.92 Å². The predicted octanol–water partition coefficient (Wildman–Crippen LogP) is 9.86. The fourth-order valence-electron chi connectivity index (χ4n) is 7.83. The molecule has 0 saturated heterocycles. The fraction of sp³-hybridized carbons (Fsp3) is 0.0233. The first kappa shape index (κ1) is 25.9. The van der Waals surface area contributed by atoms with E-state index in [1.807, 2.05) is 0 Å². The van der Waals surface area contributed by atoms with Crippen LogP contribution in [0.2, 0.25) is 0 Å². The van der Waals surface area contributed by atoms with E-state index in [1.54, 1.807) is 0 Å². The van der Waals surface area contributed by atoms with Crippen molar-refractivity contribution in [3.8, 4) is 0 Å². The van der Waals surface area contributed by atoms with Gasteiger partial charge < -0.3 is 3.96 Å². The summed E-state index contributed by atoms with van der Waals surface area (Å²) in [6.45, 7) is 2.16. The molecule has 0 saturated carbocycles. The molecule has 2 heterocycles. The fourth-order valence-corrected chi connectivity index (χ4v) is 7.83. The molecule has 1 aliphatic heterocycles. The molecular weight excluding hydrogens is 543 g/mol. The highest BCUT2D eigenvalue weighted by Crippen LogP contribution is 2.50. The van der Waals surface area contributed by atoms with Crippen LogP contribution in [0.4, 0.5) is 0 Å². The lowest BCUT2D eigenvalue weighted by Crippen LogP contribution is -2.59. The third-order valence-electron chi connectivity index (χ3n) is 9.92. The molecule has 8 aromatic rings. The quantitative estimate of drug-likeness (QED) is 0.145. The van der Waals surface area contributed by atoms with E-state index in [4.69, 9.17) is 0 Å². The van der Waals surface area contributed by atoms with E-state index < -0.39 is 6.35 Å². The van der Waals surface area contributed by atoms with E-state index in [9.17, 15) is 0 Å². The molecule has 0 aliphatic carbocycles. The van der Waals surface area contributed by atoms with Gasteiger partial charge in [-0.3, -0.25) is 0 Å². The van der Waals surface area contributed by atoms with E-state index in [-0.39, 0.29) is 0 Å². The molecule has 1 aliphatic rings. The molecule has 0 bridgehead atoms. The Morgan fingerprint density at radius 3 is 1.49 bits per heavy atom. The molecule has 0 spiro atoms. The standard InChI is InChI=1S/C43H31BO/c1-30-16-18-34(19-17-30)42-41-15-8-26-45(41)44(39-24-22-32-10-3-6-13-36(32)28-39,40-25-23-33-11-4-7-14-37(33)29-40)43(42)38-21-20-31-9-2-5-12-35(31)27-38/h2-29H,1H3. The SMILES string of the molecule is Cc1ccc(C2=C(c3ccc4ccccc4c3)[B-](c3ccc4ccccc4c3)(c3ccc4ccccc4c3)[o+]3cccc32)cc1. The lowest BCUT2D eigenvalue weighted by molar-refractivity contribution is 0.376. The van der Waals surface area contributed by atoms with Crippen molar-refractivity contribution in [1.82, 2.24) is 0 Å². The summed E-state index contributed by atoms with van der Waals surface area (Å²) in [5.74, 6) is 1.17. The highest BCUT2D eigenvalue weighted by atomic mass is 16.5. The first-order valence-corrected chi connectivity index (χ1v) is 15.8. The average molecular weight is 575 g/mol. The van der Waals surface area contributed by atoms with Gasteiger partial charge in [0, 0.05) is 17.7 Å². The van der Waals surface area contributed by atoms with Crippen molar-refractivity contribution in [2.24, 2.45) is 0 Å². The van der Waals surface area contributed by atoms with Crippen LogP contribution < -0.4 is 10.9 Å². The normalized spacial score (nSPS) is 14.0. The van der Waals surface area contributed by atoms with Gasteiger partial charge in [-0.05, 0) is 56.4 Å². The smallest absolute Gasteiger partial charge is 0.421 e. The molecule has 9 rings (SSSR count). The third kappa shape index (κ3) is 3.89. The van der Waals surface area contributed by atoms with Crippen molar-refractivity contribution in [3.05, 3.63) is 193 Å². The van der Waals surface area contributed by atoms with Crippen molar-refractivity contribution in [2.45, 2.75) is 6.92 Å². The molecule has 45 heavy (non-hydrogen) atoms. The van der Waals surface area contributed by atoms with Crippen LogP contribution in [0.5, 0.6) is 0 Å². The molecular formula is C43H31BO. The number of hydrogen-bond acceptors (Lipinski definition) is 0. The van der Waals surface area contributed by atoms with E-state index in [0.29, 0.717) is 0 Å². The van der Waals surface area contributed by atoms with Crippen molar-refractivity contribution in [3.63, 3.8) is 0 Å². The zero-order valence-corrected chi connectivity index (χ0v) is 25.2. The Labute approximate surface area is 263 Å². The van der Waals surface area contributed by atoms with E-state index in [1.165, 1.54) is 76.7 Å². The molecule has 0 unspecified atom stereocenters. The minimum Gasteiger partial charge on any atom is -0.777 e. The van der Waals surface area contributed by atoms with Crippen LogP contribution in [0.1, 0.15) is 22.5 Å². The first-order chi connectivity index (χ1) is 22.2. The van der Waals surface area contributed by atoms with Gasteiger partial charge in [0.15, 0.2) is 6.26 Å². The van der Waals surface area contributed by atoms with E-state index in [2.05, 4.69) is 181 Å². The summed E-state index contributed by atoms with van der Waals surface area (Å²) in [4.78, 5) is 0. The summed E-state index contributed by atoms with van der Waals surface area (Å²) in [5, 5.41) is 7.47. The largest absolute Gasteiger partial charge is 0.777 e. The lowest BCUT2D eigenvalue weighted by Gasteiger charge is -2.39. The number of rotatable bonds is 4. The van der Waals surface area contributed by atoms with E-state index >= 15 is 0 Å². The Morgan fingerprint density at radius 1 is 0.422 bits per heavy atom. The topological polar surface area (TPSA) is 2.70 Å². The summed E-state index contributed by atoms with van der Waals surface area (Å²) in [6.07, 6.45) is 0.494. The van der Waals surface area contributed by atoms with Gasteiger partial charge in [-0.25, -0.2) is 0 Å². The number of hydrogen-bond donors (Lipinski definition) is 0. The summed E-state index contributed by atoms with van der Waals surface area (Å²) >= 11 is 0. The molecule has 0 atom stereocenters. The molecule has 0 amide bonds. The highest BCUT2D eigenvalue weighted by Gasteiger charge is 2.52. The number of benzene rings is 7. The van der Waals surface area contributed by atoms with Crippen LogP contribution in [0.3, 0.4) is 0 Å². The average Bonchev–Trinajstić information content (AvgIpc) is 3.68. The van der Waals surface area contributed by atoms with Crippen molar-refractivity contribution < 1.29 is 3.96 Å². The van der Waals surface area contributed by atoms with Gasteiger partial charge >= 0.3 is 6.35 Å². The van der Waals surface area contributed by atoms with Gasteiger partial charge in [0.25, 0.3) is 0 Å². The van der Waals surface area contributed by atoms with Gasteiger partial charge in [0.2, 0.25) is 5.76 Å². The molecule has 7 aromatic carbocycles. The maximum absolute atomic E-state index is 3.78. The number of furan rings is 1. The Bertz CT molecular complexity index is 2360. The Kier molecular flexibility index (Phi) is 5.73. The van der Waals surface area contributed by atoms with Crippen molar-refractivity contribution in [2.75, 3.05) is 0 Å². The second kappa shape index (κ2) is 9.97. The van der Waals surface area contributed by atoms with Gasteiger partial charge in [-0.2, -0.15) is 0 Å². The highest BCUT2D eigenvalue weighted by molar-refractivity contribution is 7.13. The van der Waals surface area contributed by atoms with Crippen LogP contribution >= 0.6 is 0 Å². The third-order valence-corrected chi connectivity index (χ3v) is 9.92. The second-order valence-electron chi connectivity index (χ2n) is 12.4. The molecule has 2 heteroatoms.